The summed E-state index contributed by atoms with van der Waals surface area (Å²) in [5.41, 5.74) is 3.08. The smallest absolute Gasteiger partial charge is 0.255 e. The van der Waals surface area contributed by atoms with Crippen molar-refractivity contribution in [1.29, 1.82) is 0 Å². The second kappa shape index (κ2) is 5.99. The fourth-order valence-electron chi connectivity index (χ4n) is 2.88. The van der Waals surface area contributed by atoms with E-state index in [4.69, 9.17) is 4.74 Å². The first-order valence-electron chi connectivity index (χ1n) is 7.10. The SMILES string of the molecule is CCOCC1CN(C(=O)c2ccsc2)Cc2cnn(C)c21. The van der Waals surface area contributed by atoms with Crippen LogP contribution in [0.25, 0.3) is 0 Å². The van der Waals surface area contributed by atoms with Gasteiger partial charge in [-0.2, -0.15) is 16.4 Å². The zero-order valence-electron chi connectivity index (χ0n) is 12.3. The first kappa shape index (κ1) is 14.3. The maximum absolute atomic E-state index is 12.6. The Bertz CT molecular complexity index is 621. The first-order valence-corrected chi connectivity index (χ1v) is 8.05. The molecule has 2 aromatic heterocycles. The molecule has 0 saturated heterocycles. The molecular weight excluding hydrogens is 286 g/mol. The van der Waals surface area contributed by atoms with Crippen LogP contribution in [0.15, 0.2) is 23.0 Å². The van der Waals surface area contributed by atoms with Gasteiger partial charge in [0.15, 0.2) is 0 Å². The molecule has 0 saturated carbocycles. The maximum atomic E-state index is 12.6. The lowest BCUT2D eigenvalue weighted by Gasteiger charge is -2.33. The highest BCUT2D eigenvalue weighted by Crippen LogP contribution is 2.29. The van der Waals surface area contributed by atoms with Gasteiger partial charge in [-0.05, 0) is 18.4 Å². The first-order chi connectivity index (χ1) is 10.2. The van der Waals surface area contributed by atoms with Crippen LogP contribution >= 0.6 is 11.3 Å². The van der Waals surface area contributed by atoms with E-state index in [1.165, 1.54) is 5.69 Å². The summed E-state index contributed by atoms with van der Waals surface area (Å²) in [5.74, 6) is 0.274. The molecule has 0 bridgehead atoms. The number of hydrogen-bond acceptors (Lipinski definition) is 4. The summed E-state index contributed by atoms with van der Waals surface area (Å²) in [7, 11) is 1.95. The second-order valence-electron chi connectivity index (χ2n) is 5.23. The molecule has 112 valence electrons. The van der Waals surface area contributed by atoms with Crippen molar-refractivity contribution in [3.63, 3.8) is 0 Å². The van der Waals surface area contributed by atoms with E-state index in [2.05, 4.69) is 5.10 Å². The van der Waals surface area contributed by atoms with Gasteiger partial charge in [0.25, 0.3) is 5.91 Å². The van der Waals surface area contributed by atoms with Crippen molar-refractivity contribution in [3.8, 4) is 0 Å². The van der Waals surface area contributed by atoms with Crippen LogP contribution in [0, 0.1) is 0 Å². The molecule has 0 radical (unpaired) electrons. The van der Waals surface area contributed by atoms with E-state index in [1.807, 2.05) is 46.6 Å². The van der Waals surface area contributed by atoms with Gasteiger partial charge in [-0.3, -0.25) is 9.48 Å². The number of rotatable bonds is 4. The van der Waals surface area contributed by atoms with E-state index in [1.54, 1.807) is 11.3 Å². The molecule has 1 unspecified atom stereocenters. The van der Waals surface area contributed by atoms with Gasteiger partial charge in [0.05, 0.1) is 24.1 Å². The molecule has 3 rings (SSSR count). The van der Waals surface area contributed by atoms with E-state index in [-0.39, 0.29) is 11.8 Å². The monoisotopic (exact) mass is 305 g/mol. The summed E-state index contributed by atoms with van der Waals surface area (Å²) in [5, 5.41) is 8.17. The van der Waals surface area contributed by atoms with Crippen LogP contribution in [0.1, 0.15) is 34.5 Å². The van der Waals surface area contributed by atoms with Crippen molar-refractivity contribution < 1.29 is 9.53 Å². The van der Waals surface area contributed by atoms with E-state index in [9.17, 15) is 4.79 Å². The number of aromatic nitrogens is 2. The van der Waals surface area contributed by atoms with Crippen LogP contribution in [0.2, 0.25) is 0 Å². The summed E-state index contributed by atoms with van der Waals surface area (Å²) in [6.07, 6.45) is 1.86. The molecule has 0 aromatic carbocycles. The summed E-state index contributed by atoms with van der Waals surface area (Å²) in [4.78, 5) is 14.5. The van der Waals surface area contributed by atoms with Gasteiger partial charge in [0, 0.05) is 43.6 Å². The molecule has 0 N–H and O–H groups in total. The highest BCUT2D eigenvalue weighted by Gasteiger charge is 2.31. The van der Waals surface area contributed by atoms with Crippen molar-refractivity contribution >= 4 is 17.2 Å². The maximum Gasteiger partial charge on any atom is 0.255 e. The Morgan fingerprint density at radius 1 is 1.57 bits per heavy atom. The van der Waals surface area contributed by atoms with Gasteiger partial charge >= 0.3 is 0 Å². The number of nitrogens with zero attached hydrogens (tertiary/aromatic N) is 3. The fraction of sp³-hybridized carbons (Fsp3) is 0.467. The zero-order valence-corrected chi connectivity index (χ0v) is 13.1. The van der Waals surface area contributed by atoms with E-state index in [0.29, 0.717) is 26.3 Å². The number of thiophene rings is 1. The highest BCUT2D eigenvalue weighted by molar-refractivity contribution is 7.08. The lowest BCUT2D eigenvalue weighted by atomic mass is 9.96. The molecule has 0 spiro atoms. The van der Waals surface area contributed by atoms with Gasteiger partial charge in [-0.15, -0.1) is 0 Å². The molecule has 1 aliphatic rings. The Labute approximate surface area is 128 Å². The van der Waals surface area contributed by atoms with Crippen LogP contribution in [0.5, 0.6) is 0 Å². The predicted molar refractivity (Wildman–Crippen MR) is 81.5 cm³/mol. The van der Waals surface area contributed by atoms with Crippen LogP contribution in [0.4, 0.5) is 0 Å². The number of carbonyl (C=O) groups excluding carboxylic acids is 1. The number of carbonyl (C=O) groups is 1. The second-order valence-corrected chi connectivity index (χ2v) is 6.01. The van der Waals surface area contributed by atoms with E-state index >= 15 is 0 Å². The van der Waals surface area contributed by atoms with Crippen LogP contribution in [-0.4, -0.2) is 40.3 Å². The molecule has 2 aromatic rings. The van der Waals surface area contributed by atoms with Crippen molar-refractivity contribution in [2.24, 2.45) is 7.05 Å². The van der Waals surface area contributed by atoms with Gasteiger partial charge in [-0.25, -0.2) is 0 Å². The van der Waals surface area contributed by atoms with Gasteiger partial charge in [-0.1, -0.05) is 0 Å². The van der Waals surface area contributed by atoms with Crippen molar-refractivity contribution in [3.05, 3.63) is 39.8 Å². The molecule has 1 atom stereocenters. The number of ether oxygens (including phenoxy) is 1. The van der Waals surface area contributed by atoms with Gasteiger partial charge in [0.1, 0.15) is 0 Å². The number of amides is 1. The van der Waals surface area contributed by atoms with Crippen LogP contribution in [0.3, 0.4) is 0 Å². The molecule has 3 heterocycles. The minimum atomic E-state index is 0.0900. The fourth-order valence-corrected chi connectivity index (χ4v) is 3.51. The lowest BCUT2D eigenvalue weighted by Crippen LogP contribution is -2.39. The number of fused-ring (bicyclic) bond motifs is 1. The molecule has 0 aliphatic carbocycles. The molecule has 21 heavy (non-hydrogen) atoms. The average Bonchev–Trinajstić information content (AvgIpc) is 3.14. The van der Waals surface area contributed by atoms with Crippen molar-refractivity contribution in [2.45, 2.75) is 19.4 Å². The number of aryl methyl sites for hydroxylation is 1. The molecule has 0 fully saturated rings. The quantitative estimate of drug-likeness (QED) is 0.870. The largest absolute Gasteiger partial charge is 0.381 e. The summed E-state index contributed by atoms with van der Waals surface area (Å²) >= 11 is 1.55. The molecule has 1 aliphatic heterocycles. The summed E-state index contributed by atoms with van der Waals surface area (Å²) < 4.78 is 7.50. The molecule has 5 nitrogen and oxygen atoms in total. The Hall–Kier alpha value is -1.66. The summed E-state index contributed by atoms with van der Waals surface area (Å²) in [6, 6.07) is 1.88. The lowest BCUT2D eigenvalue weighted by molar-refractivity contribution is 0.0648. The Morgan fingerprint density at radius 3 is 3.14 bits per heavy atom. The normalized spacial score (nSPS) is 17.8. The van der Waals surface area contributed by atoms with Crippen molar-refractivity contribution in [1.82, 2.24) is 14.7 Å². The Kier molecular flexibility index (Phi) is 4.07. The van der Waals surface area contributed by atoms with Crippen molar-refractivity contribution in [2.75, 3.05) is 19.8 Å². The average molecular weight is 305 g/mol. The predicted octanol–water partition coefficient (Wildman–Crippen LogP) is 2.26. The van der Waals surface area contributed by atoms with Crippen LogP contribution < -0.4 is 0 Å². The van der Waals surface area contributed by atoms with Crippen LogP contribution in [-0.2, 0) is 18.3 Å². The number of hydrogen-bond donors (Lipinski definition) is 0. The van der Waals surface area contributed by atoms with Gasteiger partial charge in [0.2, 0.25) is 0 Å². The minimum Gasteiger partial charge on any atom is -0.381 e. The van der Waals surface area contributed by atoms with E-state index in [0.717, 1.165) is 11.1 Å². The third kappa shape index (κ3) is 2.73. The highest BCUT2D eigenvalue weighted by atomic mass is 32.1. The Morgan fingerprint density at radius 2 is 2.43 bits per heavy atom. The summed E-state index contributed by atoms with van der Waals surface area (Å²) in [6.45, 7) is 4.60. The third-order valence-corrected chi connectivity index (χ3v) is 4.51. The molecular formula is C15H19N3O2S. The topological polar surface area (TPSA) is 47.4 Å². The van der Waals surface area contributed by atoms with E-state index < -0.39 is 0 Å². The molecule has 1 amide bonds. The minimum absolute atomic E-state index is 0.0900. The van der Waals surface area contributed by atoms with Gasteiger partial charge < -0.3 is 9.64 Å². The Balaban J connectivity index is 1.85. The third-order valence-electron chi connectivity index (χ3n) is 3.83. The standard InChI is InChI=1S/C15H19N3O2S/c1-3-20-9-13-8-18(15(19)11-4-5-21-10-11)7-12-6-16-17(2)14(12)13/h4-6,10,13H,3,7-9H2,1-2H3. The zero-order chi connectivity index (χ0) is 14.8. The molecule has 6 heteroatoms.